The smallest absolute Gasteiger partial charge is 0.306 e. The predicted molar refractivity (Wildman–Crippen MR) is 164 cm³/mol. The summed E-state index contributed by atoms with van der Waals surface area (Å²) in [5, 5.41) is 9.79. The van der Waals surface area contributed by atoms with E-state index in [0.717, 1.165) is 85.2 Å². The molecule has 4 aliphatic rings. The molecule has 1 N–H and O–H groups in total. The second-order valence-corrected chi connectivity index (χ2v) is 13.2. The third kappa shape index (κ3) is 5.47. The number of aryl methyl sites for hydroxylation is 1. The second kappa shape index (κ2) is 11.8. The number of carboxylic acid groups (broad SMARTS) is 1. The van der Waals surface area contributed by atoms with Gasteiger partial charge in [0.25, 0.3) is 0 Å². The lowest BCUT2D eigenvalue weighted by molar-refractivity contribution is -0.142. The highest BCUT2D eigenvalue weighted by Gasteiger charge is 2.45. The quantitative estimate of drug-likeness (QED) is 0.285. The fourth-order valence-corrected chi connectivity index (χ4v) is 7.61. The molecule has 0 radical (unpaired) electrons. The first kappa shape index (κ1) is 29.2. The summed E-state index contributed by atoms with van der Waals surface area (Å²) in [6.45, 7) is 4.80. The van der Waals surface area contributed by atoms with Crippen LogP contribution in [0.25, 0.3) is 11.1 Å². The number of nitrogens with zero attached hydrogens (tertiary/aromatic N) is 2. The zero-order valence-electron chi connectivity index (χ0n) is 25.6. The van der Waals surface area contributed by atoms with Gasteiger partial charge in [-0.1, -0.05) is 37.3 Å². The van der Waals surface area contributed by atoms with Crippen LogP contribution in [-0.2, 0) is 22.5 Å². The number of benzene rings is 2. The van der Waals surface area contributed by atoms with Crippen molar-refractivity contribution in [3.05, 3.63) is 76.7 Å². The highest BCUT2D eigenvalue weighted by Crippen LogP contribution is 2.49. The number of halogens is 1. The monoisotopic (exact) mass is 600 g/mol. The number of aliphatic carboxylic acids is 1. The van der Waals surface area contributed by atoms with Gasteiger partial charge in [0.1, 0.15) is 17.7 Å². The summed E-state index contributed by atoms with van der Waals surface area (Å²) in [4.78, 5) is 18.5. The van der Waals surface area contributed by atoms with Crippen LogP contribution < -0.4 is 9.47 Å². The van der Waals surface area contributed by atoms with Crippen molar-refractivity contribution in [2.45, 2.75) is 76.0 Å². The van der Waals surface area contributed by atoms with Gasteiger partial charge in [-0.3, -0.25) is 9.69 Å². The molecule has 7 rings (SSSR count). The largest absolute Gasteiger partial charge is 0.485 e. The normalized spacial score (nSPS) is 22.4. The van der Waals surface area contributed by atoms with E-state index in [9.17, 15) is 9.90 Å². The minimum absolute atomic E-state index is 0.00717. The molecule has 3 atom stereocenters. The summed E-state index contributed by atoms with van der Waals surface area (Å²) in [7, 11) is 1.54. The van der Waals surface area contributed by atoms with E-state index in [0.29, 0.717) is 30.5 Å². The van der Waals surface area contributed by atoms with Gasteiger partial charge >= 0.3 is 5.97 Å². The lowest BCUT2D eigenvalue weighted by atomic mass is 9.75. The maximum atomic E-state index is 15.3. The molecular formula is C36H41FN2O5. The van der Waals surface area contributed by atoms with Crippen molar-refractivity contribution in [1.29, 1.82) is 0 Å². The molecule has 0 bridgehead atoms. The average molecular weight is 601 g/mol. The molecule has 44 heavy (non-hydrogen) atoms. The number of methoxy groups -OCH3 is 1. The average Bonchev–Trinajstić information content (AvgIpc) is 3.86. The topological polar surface area (TPSA) is 81.1 Å². The zero-order chi connectivity index (χ0) is 30.4. The lowest BCUT2D eigenvalue weighted by Gasteiger charge is -2.53. The number of fused-ring (bicyclic) bond motifs is 1. The summed E-state index contributed by atoms with van der Waals surface area (Å²) in [6, 6.07) is 14.3. The molecular weight excluding hydrogens is 559 g/mol. The first-order chi connectivity index (χ1) is 21.3. The van der Waals surface area contributed by atoms with Gasteiger partial charge in [0.2, 0.25) is 5.88 Å². The predicted octanol–water partition coefficient (Wildman–Crippen LogP) is 6.93. The maximum absolute atomic E-state index is 15.3. The number of morpholine rings is 1. The minimum atomic E-state index is -0.752. The number of hydrogen-bond donors (Lipinski definition) is 1. The van der Waals surface area contributed by atoms with Crippen molar-refractivity contribution in [2.24, 2.45) is 11.8 Å². The van der Waals surface area contributed by atoms with E-state index in [2.05, 4.69) is 40.2 Å². The molecule has 1 spiro atoms. The Labute approximate surface area is 258 Å². The van der Waals surface area contributed by atoms with E-state index in [1.54, 1.807) is 13.2 Å². The maximum Gasteiger partial charge on any atom is 0.306 e. The van der Waals surface area contributed by atoms with E-state index in [1.165, 1.54) is 12.6 Å². The fourth-order valence-electron chi connectivity index (χ4n) is 7.61. The van der Waals surface area contributed by atoms with Gasteiger partial charge in [-0.2, -0.15) is 0 Å². The van der Waals surface area contributed by atoms with Crippen LogP contribution in [0.2, 0.25) is 0 Å². The lowest BCUT2D eigenvalue weighted by Crippen LogP contribution is -2.60. The standard InChI is InChI=1S/C36H41FN2O5/c1-22(35(40)41)34(24-5-6-24)26-7-4-23-9-11-31(44-32(23)17-26)25-8-10-28(29-18-33(42-2)38-19-30(29)37)27(16-25)20-39-14-15-43-21-36(39)12-3-13-36/h4,7-8,10,16-19,22,24,31,34H,3,5-6,9,11-15,20-21H2,1-2H3,(H,40,41)/t22-,31?,34-/m0/s1. The summed E-state index contributed by atoms with van der Waals surface area (Å²) in [6.07, 6.45) is 8.38. The third-order valence-electron chi connectivity index (χ3n) is 10.5. The van der Waals surface area contributed by atoms with Crippen molar-refractivity contribution in [1.82, 2.24) is 9.88 Å². The van der Waals surface area contributed by atoms with Gasteiger partial charge in [-0.15, -0.1) is 0 Å². The Hall–Kier alpha value is -3.49. The fraction of sp³-hybridized carbons (Fsp3) is 0.500. The number of carboxylic acids is 1. The van der Waals surface area contributed by atoms with Crippen LogP contribution in [0.15, 0.2) is 48.7 Å². The van der Waals surface area contributed by atoms with Crippen molar-refractivity contribution in [3.8, 4) is 22.8 Å². The number of hydrogen-bond acceptors (Lipinski definition) is 6. The van der Waals surface area contributed by atoms with Crippen LogP contribution >= 0.6 is 0 Å². The first-order valence-electron chi connectivity index (χ1n) is 16.0. The molecule has 0 amide bonds. The molecule has 7 nitrogen and oxygen atoms in total. The zero-order valence-corrected chi connectivity index (χ0v) is 25.6. The van der Waals surface area contributed by atoms with Crippen molar-refractivity contribution in [2.75, 3.05) is 26.9 Å². The molecule has 2 aromatic carbocycles. The molecule has 1 saturated heterocycles. The molecule has 3 fully saturated rings. The summed E-state index contributed by atoms with van der Waals surface area (Å²) >= 11 is 0. The van der Waals surface area contributed by atoms with E-state index in [4.69, 9.17) is 14.2 Å². The molecule has 3 heterocycles. The Morgan fingerprint density at radius 1 is 1.16 bits per heavy atom. The van der Waals surface area contributed by atoms with Crippen LogP contribution in [0.1, 0.15) is 79.7 Å². The van der Waals surface area contributed by atoms with Crippen molar-refractivity contribution < 1.29 is 28.5 Å². The molecule has 232 valence electrons. The minimum Gasteiger partial charge on any atom is -0.485 e. The summed E-state index contributed by atoms with van der Waals surface area (Å²) in [5.41, 5.74) is 5.70. The van der Waals surface area contributed by atoms with Crippen LogP contribution in [0, 0.1) is 17.7 Å². The van der Waals surface area contributed by atoms with Crippen molar-refractivity contribution in [3.63, 3.8) is 0 Å². The summed E-state index contributed by atoms with van der Waals surface area (Å²) < 4.78 is 33.2. The molecule has 1 aromatic heterocycles. The Morgan fingerprint density at radius 3 is 2.73 bits per heavy atom. The first-order valence-corrected chi connectivity index (χ1v) is 16.0. The highest BCUT2D eigenvalue weighted by molar-refractivity contribution is 5.71. The van der Waals surface area contributed by atoms with Gasteiger partial charge in [0, 0.05) is 30.3 Å². The van der Waals surface area contributed by atoms with Crippen LogP contribution in [0.4, 0.5) is 4.39 Å². The van der Waals surface area contributed by atoms with Gasteiger partial charge < -0.3 is 19.3 Å². The Morgan fingerprint density at radius 2 is 2.00 bits per heavy atom. The molecule has 2 saturated carbocycles. The van der Waals surface area contributed by atoms with Crippen LogP contribution in [0.3, 0.4) is 0 Å². The molecule has 3 aromatic rings. The van der Waals surface area contributed by atoms with Crippen LogP contribution in [-0.4, -0.2) is 53.4 Å². The van der Waals surface area contributed by atoms with Crippen molar-refractivity contribution >= 4 is 5.97 Å². The molecule has 1 unspecified atom stereocenters. The summed E-state index contributed by atoms with van der Waals surface area (Å²) in [5.74, 6) is 0.0605. The Balaban J connectivity index is 1.22. The van der Waals surface area contributed by atoms with E-state index in [1.807, 2.05) is 13.0 Å². The van der Waals surface area contributed by atoms with Crippen LogP contribution in [0.5, 0.6) is 11.6 Å². The highest BCUT2D eigenvalue weighted by atomic mass is 19.1. The van der Waals surface area contributed by atoms with E-state index >= 15 is 4.39 Å². The van der Waals surface area contributed by atoms with Gasteiger partial charge in [-0.05, 0) is 90.7 Å². The number of pyridine rings is 1. The Bertz CT molecular complexity index is 1550. The van der Waals surface area contributed by atoms with E-state index < -0.39 is 11.9 Å². The third-order valence-corrected chi connectivity index (χ3v) is 10.5. The number of rotatable bonds is 9. The molecule has 8 heteroatoms. The Kier molecular flexibility index (Phi) is 7.83. The van der Waals surface area contributed by atoms with Gasteiger partial charge in [0.05, 0.1) is 32.4 Å². The number of aromatic nitrogens is 1. The van der Waals surface area contributed by atoms with E-state index in [-0.39, 0.29) is 23.4 Å². The van der Waals surface area contributed by atoms with Gasteiger partial charge in [0.15, 0.2) is 0 Å². The second-order valence-electron chi connectivity index (χ2n) is 13.2. The number of carbonyl (C=O) groups is 1. The molecule has 2 aliphatic heterocycles. The number of ether oxygens (including phenoxy) is 3. The van der Waals surface area contributed by atoms with Gasteiger partial charge in [-0.25, -0.2) is 9.37 Å². The molecule has 2 aliphatic carbocycles. The SMILES string of the molecule is COc1cc(-c2ccc(C3CCc4ccc([C@H](C5CC5)[C@H](C)C(=O)O)cc4O3)cc2CN2CCOCC23CCC3)c(F)cn1.